The molecule has 0 aromatic heterocycles. The van der Waals surface area contributed by atoms with Gasteiger partial charge in [0.25, 0.3) is 0 Å². The van der Waals surface area contributed by atoms with Gasteiger partial charge in [0.15, 0.2) is 0 Å². The zero-order valence-corrected chi connectivity index (χ0v) is 12.3. The zero-order valence-electron chi connectivity index (χ0n) is 10.6. The lowest BCUT2D eigenvalue weighted by Gasteiger charge is -2.31. The molecule has 1 aliphatic heterocycles. The van der Waals surface area contributed by atoms with E-state index >= 15 is 0 Å². The molecule has 0 aromatic carbocycles. The highest BCUT2D eigenvalue weighted by molar-refractivity contribution is 7.46. The predicted octanol–water partition coefficient (Wildman–Crippen LogP) is -0.0192. The molecule has 0 spiro atoms. The molecule has 0 bridgehead atoms. The van der Waals surface area contributed by atoms with Gasteiger partial charge in [-0.3, -0.25) is 4.52 Å². The minimum Gasteiger partial charge on any atom is -0.389 e. The summed E-state index contributed by atoms with van der Waals surface area (Å²) in [6, 6.07) is -0.303. The number of aliphatic hydroxyl groups excluding tert-OH is 1. The topological polar surface area (TPSA) is 96.2 Å². The Hall–Kier alpha value is 0.385. The molecule has 1 aliphatic rings. The highest BCUT2D eigenvalue weighted by atomic mass is 35.5. The molecular formula is C9H19BClO6P. The van der Waals surface area contributed by atoms with Crippen molar-refractivity contribution in [2.75, 3.05) is 0 Å². The van der Waals surface area contributed by atoms with E-state index in [1.165, 1.54) is 0 Å². The Labute approximate surface area is 112 Å². The van der Waals surface area contributed by atoms with Crippen LogP contribution in [0.3, 0.4) is 0 Å². The SMILES string of the molecule is B[C@@H]1O[C@H](CC(C)(CC)OP(=O)(O)O)[C@@H](O)[C@H]1Cl. The predicted molar refractivity (Wildman–Crippen MR) is 69.3 cm³/mol. The maximum absolute atomic E-state index is 10.9. The number of ether oxygens (including phenoxy) is 1. The van der Waals surface area contributed by atoms with Gasteiger partial charge in [0.1, 0.15) is 7.85 Å². The molecular weight excluding hydrogens is 281 g/mol. The lowest BCUT2D eigenvalue weighted by Crippen LogP contribution is -2.37. The third kappa shape index (κ3) is 4.20. The van der Waals surface area contributed by atoms with Crippen LogP contribution in [-0.2, 0) is 13.8 Å². The van der Waals surface area contributed by atoms with Gasteiger partial charge >= 0.3 is 7.82 Å². The molecule has 1 heterocycles. The number of halogens is 1. The number of hydrogen-bond acceptors (Lipinski definition) is 4. The third-order valence-electron chi connectivity index (χ3n) is 3.27. The van der Waals surface area contributed by atoms with E-state index in [1.54, 1.807) is 21.7 Å². The van der Waals surface area contributed by atoms with Gasteiger partial charge in [-0.1, -0.05) is 6.92 Å². The van der Waals surface area contributed by atoms with Gasteiger partial charge in [0.05, 0.1) is 23.2 Å². The van der Waals surface area contributed by atoms with Crippen molar-refractivity contribution in [3.8, 4) is 0 Å². The standard InChI is InChI=1S/C9H19BClO6P/c1-3-9(2,17-18(13,14)15)4-5-7(12)6(11)8(10)16-5/h5-8,12H,3-4,10H2,1-2H3,(H2,13,14,15)/t5-,6-,7-,8-,9?/m1/s1. The molecule has 0 saturated carbocycles. The Morgan fingerprint density at radius 2 is 2.11 bits per heavy atom. The Morgan fingerprint density at radius 1 is 1.56 bits per heavy atom. The smallest absolute Gasteiger partial charge is 0.389 e. The quantitative estimate of drug-likeness (QED) is 0.375. The lowest BCUT2D eigenvalue weighted by molar-refractivity contribution is -0.0404. The fraction of sp³-hybridized carbons (Fsp3) is 1.00. The van der Waals surface area contributed by atoms with Gasteiger partial charge in [-0.05, 0) is 13.3 Å². The molecule has 0 amide bonds. The molecule has 0 aliphatic carbocycles. The van der Waals surface area contributed by atoms with Gasteiger partial charge in [0, 0.05) is 12.4 Å². The number of alkyl halides is 1. The Bertz CT molecular complexity index is 339. The van der Waals surface area contributed by atoms with Crippen molar-refractivity contribution in [2.45, 2.75) is 55.9 Å². The molecule has 106 valence electrons. The van der Waals surface area contributed by atoms with Crippen molar-refractivity contribution in [1.82, 2.24) is 0 Å². The van der Waals surface area contributed by atoms with Crippen LogP contribution in [0.1, 0.15) is 26.7 Å². The Morgan fingerprint density at radius 3 is 2.44 bits per heavy atom. The summed E-state index contributed by atoms with van der Waals surface area (Å²) in [4.78, 5) is 17.8. The van der Waals surface area contributed by atoms with E-state index in [0.717, 1.165) is 0 Å². The molecule has 3 N–H and O–H groups in total. The van der Waals surface area contributed by atoms with E-state index in [9.17, 15) is 9.67 Å². The molecule has 0 aromatic rings. The molecule has 1 unspecified atom stereocenters. The summed E-state index contributed by atoms with van der Waals surface area (Å²) in [6.45, 7) is 3.33. The minimum atomic E-state index is -4.58. The molecule has 1 saturated heterocycles. The van der Waals surface area contributed by atoms with Crippen molar-refractivity contribution < 1.29 is 28.7 Å². The first-order valence-corrected chi connectivity index (χ1v) is 7.78. The summed E-state index contributed by atoms with van der Waals surface area (Å²) < 4.78 is 21.2. The molecule has 5 atom stereocenters. The van der Waals surface area contributed by atoms with E-state index in [0.29, 0.717) is 6.42 Å². The van der Waals surface area contributed by atoms with Crippen molar-refractivity contribution in [2.24, 2.45) is 0 Å². The average molecular weight is 300 g/mol. The van der Waals surface area contributed by atoms with Crippen LogP contribution in [0.5, 0.6) is 0 Å². The first-order valence-electron chi connectivity index (χ1n) is 5.82. The number of aliphatic hydroxyl groups is 1. The number of hydrogen-bond donors (Lipinski definition) is 3. The van der Waals surface area contributed by atoms with E-state index in [2.05, 4.69) is 0 Å². The summed E-state index contributed by atoms with van der Waals surface area (Å²) in [7, 11) is -2.84. The Balaban J connectivity index is 2.72. The molecule has 1 rings (SSSR count). The van der Waals surface area contributed by atoms with Gasteiger partial charge < -0.3 is 19.6 Å². The highest BCUT2D eigenvalue weighted by Gasteiger charge is 2.44. The molecule has 18 heavy (non-hydrogen) atoms. The second-order valence-corrected chi connectivity index (χ2v) is 6.57. The summed E-state index contributed by atoms with van der Waals surface area (Å²) >= 11 is 5.94. The van der Waals surface area contributed by atoms with Crippen LogP contribution in [0, 0.1) is 0 Å². The van der Waals surface area contributed by atoms with Crippen LogP contribution in [0.25, 0.3) is 0 Å². The van der Waals surface area contributed by atoms with Crippen LogP contribution in [-0.4, -0.2) is 51.9 Å². The van der Waals surface area contributed by atoms with E-state index in [-0.39, 0.29) is 12.4 Å². The van der Waals surface area contributed by atoms with Gasteiger partial charge in [-0.15, -0.1) is 11.6 Å². The second kappa shape index (κ2) is 5.79. The summed E-state index contributed by atoms with van der Waals surface area (Å²) in [5, 5.41) is 9.36. The largest absolute Gasteiger partial charge is 0.470 e. The minimum absolute atomic E-state index is 0.170. The van der Waals surface area contributed by atoms with Gasteiger partial charge in [-0.25, -0.2) is 4.57 Å². The summed E-state index contributed by atoms with van der Waals surface area (Å²) in [5.41, 5.74) is -1.06. The van der Waals surface area contributed by atoms with Crippen LogP contribution in [0.2, 0.25) is 0 Å². The van der Waals surface area contributed by atoms with Crippen LogP contribution in [0.15, 0.2) is 0 Å². The maximum Gasteiger partial charge on any atom is 0.470 e. The number of rotatable bonds is 5. The fourth-order valence-corrected chi connectivity index (χ4v) is 3.04. The number of phosphoric ester groups is 1. The number of phosphoric acid groups is 1. The monoisotopic (exact) mass is 300 g/mol. The van der Waals surface area contributed by atoms with Crippen molar-refractivity contribution in [3.63, 3.8) is 0 Å². The first-order chi connectivity index (χ1) is 8.08. The zero-order chi connectivity index (χ0) is 14.1. The summed E-state index contributed by atoms with van der Waals surface area (Å²) in [5.74, 6) is 0. The average Bonchev–Trinajstić information content (AvgIpc) is 2.44. The van der Waals surface area contributed by atoms with E-state index in [1.807, 2.05) is 0 Å². The van der Waals surface area contributed by atoms with Gasteiger partial charge in [0.2, 0.25) is 0 Å². The fourth-order valence-electron chi connectivity index (χ4n) is 2.04. The second-order valence-electron chi connectivity index (χ2n) is 4.90. The van der Waals surface area contributed by atoms with Crippen LogP contribution < -0.4 is 0 Å². The summed E-state index contributed by atoms with van der Waals surface area (Å²) in [6.07, 6.45) is -0.901. The maximum atomic E-state index is 10.9. The normalized spacial score (nSPS) is 36.6. The molecule has 9 heteroatoms. The van der Waals surface area contributed by atoms with E-state index in [4.69, 9.17) is 30.6 Å². The van der Waals surface area contributed by atoms with Crippen molar-refractivity contribution in [3.05, 3.63) is 0 Å². The Kier molecular flexibility index (Phi) is 5.29. The van der Waals surface area contributed by atoms with Crippen molar-refractivity contribution >= 4 is 27.3 Å². The highest BCUT2D eigenvalue weighted by Crippen LogP contribution is 2.45. The van der Waals surface area contributed by atoms with E-state index < -0.39 is 31.0 Å². The third-order valence-corrected chi connectivity index (χ3v) is 4.56. The van der Waals surface area contributed by atoms with Crippen LogP contribution >= 0.6 is 19.4 Å². The lowest BCUT2D eigenvalue weighted by atomic mass is 9.91. The molecule has 6 nitrogen and oxygen atoms in total. The van der Waals surface area contributed by atoms with Crippen LogP contribution in [0.4, 0.5) is 0 Å². The first kappa shape index (κ1) is 16.4. The molecule has 0 radical (unpaired) electrons. The van der Waals surface area contributed by atoms with Gasteiger partial charge in [-0.2, -0.15) is 0 Å². The van der Waals surface area contributed by atoms with Crippen molar-refractivity contribution in [1.29, 1.82) is 0 Å². The molecule has 1 fully saturated rings.